The van der Waals surface area contributed by atoms with Crippen LogP contribution in [0.5, 0.6) is 5.75 Å². The van der Waals surface area contributed by atoms with Crippen LogP contribution in [0.4, 0.5) is 5.69 Å². The number of hydrogen-bond acceptors (Lipinski definition) is 5. The number of benzene rings is 3. The first-order chi connectivity index (χ1) is 16.0. The Kier molecular flexibility index (Phi) is 8.42. The van der Waals surface area contributed by atoms with Gasteiger partial charge in [0.15, 0.2) is 0 Å². The van der Waals surface area contributed by atoms with E-state index in [0.717, 1.165) is 5.56 Å². The number of para-hydroxylation sites is 1. The fourth-order valence-corrected chi connectivity index (χ4v) is 3.13. The van der Waals surface area contributed by atoms with Crippen molar-refractivity contribution in [2.75, 3.05) is 5.32 Å². The van der Waals surface area contributed by atoms with Crippen molar-refractivity contribution in [3.8, 4) is 11.8 Å². The number of halogens is 2. The maximum atomic E-state index is 12.1. The van der Waals surface area contributed by atoms with Gasteiger partial charge in [0.25, 0.3) is 0 Å². The number of nitriles is 1. The minimum atomic E-state index is -0.608. The molecule has 0 saturated carbocycles. The Bertz CT molecular complexity index is 1240. The molecular weight excluding hydrogens is 463 g/mol. The van der Waals surface area contributed by atoms with Crippen molar-refractivity contribution >= 4 is 46.9 Å². The second-order valence-electron chi connectivity index (χ2n) is 6.71. The first kappa shape index (κ1) is 23.8. The third-order valence-corrected chi connectivity index (χ3v) is 5.20. The lowest BCUT2D eigenvalue weighted by Crippen LogP contribution is -2.24. The van der Waals surface area contributed by atoms with Crippen LogP contribution in [0, 0.1) is 11.3 Å². The maximum absolute atomic E-state index is 12.1. The molecule has 0 aliphatic carbocycles. The summed E-state index contributed by atoms with van der Waals surface area (Å²) in [5.41, 5.74) is 4.52. The molecule has 7 nitrogen and oxygen atoms in total. The van der Waals surface area contributed by atoms with Crippen LogP contribution in [-0.4, -0.2) is 18.0 Å². The Morgan fingerprint density at radius 3 is 2.58 bits per heavy atom. The number of carbonyl (C=O) groups is 2. The SMILES string of the molecule is N#Cc1ccccc1COc1ccccc1C=NNC(=O)CC(=O)Nc1cccc(Cl)c1Cl. The van der Waals surface area contributed by atoms with Gasteiger partial charge >= 0.3 is 0 Å². The summed E-state index contributed by atoms with van der Waals surface area (Å²) in [6.07, 6.45) is 0.957. The molecular formula is C24H18Cl2N4O3. The number of rotatable bonds is 8. The quantitative estimate of drug-likeness (QED) is 0.271. The first-order valence-electron chi connectivity index (χ1n) is 9.73. The van der Waals surface area contributed by atoms with E-state index >= 15 is 0 Å². The van der Waals surface area contributed by atoms with Gasteiger partial charge in [0.05, 0.1) is 33.6 Å². The van der Waals surface area contributed by atoms with Crippen molar-refractivity contribution in [1.82, 2.24) is 5.43 Å². The molecule has 0 atom stereocenters. The molecule has 166 valence electrons. The summed E-state index contributed by atoms with van der Waals surface area (Å²) in [5, 5.41) is 16.1. The van der Waals surface area contributed by atoms with Crippen molar-refractivity contribution in [2.45, 2.75) is 13.0 Å². The van der Waals surface area contributed by atoms with Crippen LogP contribution in [0.1, 0.15) is 23.1 Å². The monoisotopic (exact) mass is 480 g/mol. The summed E-state index contributed by atoms with van der Waals surface area (Å²) in [6, 6.07) is 21.2. The van der Waals surface area contributed by atoms with E-state index in [1.165, 1.54) is 6.21 Å². The van der Waals surface area contributed by atoms with E-state index in [-0.39, 0.29) is 11.6 Å². The van der Waals surface area contributed by atoms with Crippen LogP contribution >= 0.6 is 23.2 Å². The van der Waals surface area contributed by atoms with E-state index in [2.05, 4.69) is 21.9 Å². The summed E-state index contributed by atoms with van der Waals surface area (Å²) < 4.78 is 5.83. The maximum Gasteiger partial charge on any atom is 0.249 e. The molecule has 0 radical (unpaired) electrons. The summed E-state index contributed by atoms with van der Waals surface area (Å²) in [7, 11) is 0. The van der Waals surface area contributed by atoms with Crippen LogP contribution in [0.25, 0.3) is 0 Å². The highest BCUT2D eigenvalue weighted by Gasteiger charge is 2.12. The minimum Gasteiger partial charge on any atom is -0.488 e. The Labute approximate surface area is 200 Å². The second-order valence-corrected chi connectivity index (χ2v) is 7.50. The van der Waals surface area contributed by atoms with Gasteiger partial charge in [0.2, 0.25) is 11.8 Å². The van der Waals surface area contributed by atoms with Gasteiger partial charge < -0.3 is 10.1 Å². The third-order valence-electron chi connectivity index (χ3n) is 4.38. The summed E-state index contributed by atoms with van der Waals surface area (Å²) >= 11 is 11.9. The first-order valence-corrected chi connectivity index (χ1v) is 10.5. The molecule has 0 aromatic heterocycles. The lowest BCUT2D eigenvalue weighted by molar-refractivity contribution is -0.126. The normalized spacial score (nSPS) is 10.5. The fraction of sp³-hybridized carbons (Fsp3) is 0.0833. The van der Waals surface area contributed by atoms with Crippen molar-refractivity contribution in [3.05, 3.63) is 93.5 Å². The van der Waals surface area contributed by atoms with E-state index in [0.29, 0.717) is 27.6 Å². The number of carbonyl (C=O) groups excluding carboxylic acids is 2. The van der Waals surface area contributed by atoms with Crippen molar-refractivity contribution in [3.63, 3.8) is 0 Å². The molecule has 0 heterocycles. The Morgan fingerprint density at radius 2 is 1.76 bits per heavy atom. The number of nitrogens with zero attached hydrogens (tertiary/aromatic N) is 2. The Balaban J connectivity index is 1.55. The molecule has 9 heteroatoms. The smallest absolute Gasteiger partial charge is 0.249 e. The summed E-state index contributed by atoms with van der Waals surface area (Å²) in [4.78, 5) is 24.1. The zero-order chi connectivity index (χ0) is 23.6. The molecule has 3 aromatic rings. The van der Waals surface area contributed by atoms with Crippen molar-refractivity contribution < 1.29 is 14.3 Å². The zero-order valence-electron chi connectivity index (χ0n) is 17.2. The highest BCUT2D eigenvalue weighted by molar-refractivity contribution is 6.44. The second kappa shape index (κ2) is 11.7. The lowest BCUT2D eigenvalue weighted by Gasteiger charge is -2.10. The molecule has 0 fully saturated rings. The largest absolute Gasteiger partial charge is 0.488 e. The average molecular weight is 481 g/mol. The van der Waals surface area contributed by atoms with Gasteiger partial charge in [-0.1, -0.05) is 59.6 Å². The van der Waals surface area contributed by atoms with Crippen LogP contribution in [-0.2, 0) is 16.2 Å². The third kappa shape index (κ3) is 6.81. The zero-order valence-corrected chi connectivity index (χ0v) is 18.7. The molecule has 0 saturated heterocycles. The molecule has 3 aromatic carbocycles. The number of hydrogen-bond donors (Lipinski definition) is 2. The Morgan fingerprint density at radius 1 is 1.00 bits per heavy atom. The molecule has 0 bridgehead atoms. The fourth-order valence-electron chi connectivity index (χ4n) is 2.78. The molecule has 0 unspecified atom stereocenters. The predicted molar refractivity (Wildman–Crippen MR) is 127 cm³/mol. The molecule has 3 rings (SSSR count). The number of ether oxygens (including phenoxy) is 1. The number of hydrazone groups is 1. The van der Waals surface area contributed by atoms with Crippen molar-refractivity contribution in [1.29, 1.82) is 5.26 Å². The van der Waals surface area contributed by atoms with Gasteiger partial charge in [-0.2, -0.15) is 10.4 Å². The van der Waals surface area contributed by atoms with E-state index in [1.54, 1.807) is 54.6 Å². The van der Waals surface area contributed by atoms with Gasteiger partial charge in [-0.25, -0.2) is 5.43 Å². The molecule has 0 spiro atoms. The van der Waals surface area contributed by atoms with Gasteiger partial charge in [-0.05, 0) is 30.3 Å². The minimum absolute atomic E-state index is 0.194. The number of amides is 2. The molecule has 2 N–H and O–H groups in total. The highest BCUT2D eigenvalue weighted by atomic mass is 35.5. The highest BCUT2D eigenvalue weighted by Crippen LogP contribution is 2.29. The van der Waals surface area contributed by atoms with E-state index < -0.39 is 18.2 Å². The topological polar surface area (TPSA) is 104 Å². The summed E-state index contributed by atoms with van der Waals surface area (Å²) in [6.45, 7) is 0.202. The van der Waals surface area contributed by atoms with Crippen LogP contribution < -0.4 is 15.5 Å². The van der Waals surface area contributed by atoms with Crippen LogP contribution in [0.3, 0.4) is 0 Å². The standard InChI is InChI=1S/C24H18Cl2N4O3/c25-19-9-5-10-20(24(19)26)29-22(31)12-23(32)30-28-14-17-7-3-4-11-21(17)33-15-18-8-2-1-6-16(18)13-27/h1-11,14H,12,15H2,(H,29,31)(H,30,32). The van der Waals surface area contributed by atoms with E-state index in [1.807, 2.05) is 12.1 Å². The summed E-state index contributed by atoms with van der Waals surface area (Å²) in [5.74, 6) is -0.647. The van der Waals surface area contributed by atoms with Crippen molar-refractivity contribution in [2.24, 2.45) is 5.10 Å². The lowest BCUT2D eigenvalue weighted by atomic mass is 10.1. The van der Waals surface area contributed by atoms with E-state index in [4.69, 9.17) is 27.9 Å². The van der Waals surface area contributed by atoms with Crippen LogP contribution in [0.2, 0.25) is 10.0 Å². The van der Waals surface area contributed by atoms with Crippen LogP contribution in [0.15, 0.2) is 71.8 Å². The molecule has 33 heavy (non-hydrogen) atoms. The number of anilines is 1. The predicted octanol–water partition coefficient (Wildman–Crippen LogP) is 4.92. The molecule has 0 aliphatic rings. The van der Waals surface area contributed by atoms with Gasteiger partial charge in [0.1, 0.15) is 18.8 Å². The Hall–Kier alpha value is -3.86. The molecule has 0 aliphatic heterocycles. The van der Waals surface area contributed by atoms with Gasteiger partial charge in [-0.15, -0.1) is 0 Å². The van der Waals surface area contributed by atoms with Gasteiger partial charge in [-0.3, -0.25) is 9.59 Å². The van der Waals surface area contributed by atoms with Gasteiger partial charge in [0, 0.05) is 11.1 Å². The number of nitrogens with one attached hydrogen (secondary N) is 2. The molecule has 2 amide bonds. The van der Waals surface area contributed by atoms with E-state index in [9.17, 15) is 14.9 Å². The average Bonchev–Trinajstić information content (AvgIpc) is 2.81.